The molecular weight excluding hydrogens is 496 g/mol. The predicted octanol–water partition coefficient (Wildman–Crippen LogP) is 1.01. The van der Waals surface area contributed by atoms with Gasteiger partial charge in [-0.1, -0.05) is 18.2 Å². The first kappa shape index (κ1) is 26.0. The molecule has 0 aliphatic carbocycles. The monoisotopic (exact) mass is 524 g/mol. The summed E-state index contributed by atoms with van der Waals surface area (Å²) in [5, 5.41) is 14.5. The van der Waals surface area contributed by atoms with Crippen molar-refractivity contribution in [2.75, 3.05) is 48.4 Å². The summed E-state index contributed by atoms with van der Waals surface area (Å²) in [7, 11) is -3.72. The molecule has 12 heteroatoms. The molecule has 1 unspecified atom stereocenters. The van der Waals surface area contributed by atoms with E-state index in [0.29, 0.717) is 11.5 Å². The Labute approximate surface area is 215 Å². The van der Waals surface area contributed by atoms with E-state index >= 15 is 0 Å². The van der Waals surface area contributed by atoms with Crippen LogP contribution in [-0.4, -0.2) is 80.0 Å². The van der Waals surface area contributed by atoms with Crippen molar-refractivity contribution in [1.82, 2.24) is 20.6 Å². The summed E-state index contributed by atoms with van der Waals surface area (Å²) < 4.78 is 24.8. The average molecular weight is 525 g/mol. The highest BCUT2D eigenvalue weighted by atomic mass is 32.2. The molecule has 2 aromatic carbocycles. The number of carboxylic acid groups (broad SMARTS) is 1. The Morgan fingerprint density at radius 2 is 1.51 bits per heavy atom. The van der Waals surface area contributed by atoms with Crippen LogP contribution in [0.3, 0.4) is 0 Å². The van der Waals surface area contributed by atoms with Gasteiger partial charge in [-0.05, 0) is 42.5 Å². The van der Waals surface area contributed by atoms with Crippen molar-refractivity contribution in [2.24, 2.45) is 0 Å². The SMILES string of the molecule is O=C(NCC(NCS(=O)(=O)c1ccccc1)C(=O)O)c1ccc(N2CCN(c3ncccn3)CC2)cc1. The number of carboxylic acids is 1. The van der Waals surface area contributed by atoms with Crippen LogP contribution in [0.1, 0.15) is 10.4 Å². The van der Waals surface area contributed by atoms with E-state index in [1.807, 2.05) is 12.1 Å². The van der Waals surface area contributed by atoms with E-state index in [1.165, 1.54) is 12.1 Å². The minimum atomic E-state index is -3.72. The van der Waals surface area contributed by atoms with Gasteiger partial charge in [0.1, 0.15) is 11.9 Å². The number of carbonyl (C=O) groups is 2. The summed E-state index contributed by atoms with van der Waals surface area (Å²) in [6, 6.07) is 15.3. The number of carbonyl (C=O) groups excluding carboxylic acids is 1. The molecule has 1 amide bonds. The Morgan fingerprint density at radius 3 is 2.14 bits per heavy atom. The molecule has 3 aromatic rings. The maximum absolute atomic E-state index is 12.6. The highest BCUT2D eigenvalue weighted by Gasteiger charge is 2.23. The topological polar surface area (TPSA) is 145 Å². The third kappa shape index (κ3) is 6.80. The van der Waals surface area contributed by atoms with E-state index in [1.54, 1.807) is 48.8 Å². The van der Waals surface area contributed by atoms with Crippen LogP contribution >= 0.6 is 0 Å². The summed E-state index contributed by atoms with van der Waals surface area (Å²) in [5.41, 5.74) is 1.35. The van der Waals surface area contributed by atoms with Crippen LogP contribution < -0.4 is 20.4 Å². The zero-order valence-corrected chi connectivity index (χ0v) is 20.8. The number of aromatic nitrogens is 2. The standard InChI is InChI=1S/C25H28N6O5S/c32-23(28-17-22(24(33)34)29-18-37(35,36)21-5-2-1-3-6-21)19-7-9-20(10-8-19)30-13-15-31(16-14-30)25-26-11-4-12-27-25/h1-12,22,29H,13-18H2,(H,28,32)(H,33,34). The van der Waals surface area contributed by atoms with E-state index in [-0.39, 0.29) is 11.4 Å². The molecule has 1 saturated heterocycles. The normalized spacial score (nSPS) is 14.7. The van der Waals surface area contributed by atoms with E-state index in [4.69, 9.17) is 0 Å². The van der Waals surface area contributed by atoms with Gasteiger partial charge in [0.05, 0.1) is 4.90 Å². The van der Waals surface area contributed by atoms with Crippen LogP contribution in [0.25, 0.3) is 0 Å². The highest BCUT2D eigenvalue weighted by molar-refractivity contribution is 7.91. The number of amides is 1. The van der Waals surface area contributed by atoms with Crippen molar-refractivity contribution < 1.29 is 23.1 Å². The number of anilines is 2. The second-order valence-corrected chi connectivity index (χ2v) is 10.4. The smallest absolute Gasteiger partial charge is 0.322 e. The summed E-state index contributed by atoms with van der Waals surface area (Å²) in [6.07, 6.45) is 3.44. The molecule has 1 aliphatic rings. The lowest BCUT2D eigenvalue weighted by Crippen LogP contribution is -2.47. The van der Waals surface area contributed by atoms with Crippen LogP contribution in [0.15, 0.2) is 78.0 Å². The molecule has 1 atom stereocenters. The number of hydrogen-bond donors (Lipinski definition) is 3. The largest absolute Gasteiger partial charge is 0.480 e. The number of piperazine rings is 1. The molecule has 2 heterocycles. The molecule has 0 spiro atoms. The zero-order valence-electron chi connectivity index (χ0n) is 20.0. The maximum atomic E-state index is 12.6. The maximum Gasteiger partial charge on any atom is 0.322 e. The number of rotatable bonds is 10. The fraction of sp³-hybridized carbons (Fsp3) is 0.280. The van der Waals surface area contributed by atoms with Crippen LogP contribution in [-0.2, 0) is 14.6 Å². The van der Waals surface area contributed by atoms with Crippen LogP contribution in [0.5, 0.6) is 0 Å². The average Bonchev–Trinajstić information content (AvgIpc) is 2.94. The molecule has 1 aromatic heterocycles. The molecule has 37 heavy (non-hydrogen) atoms. The molecule has 1 fully saturated rings. The van der Waals surface area contributed by atoms with Gasteiger partial charge in [0.25, 0.3) is 5.91 Å². The van der Waals surface area contributed by atoms with Crippen LogP contribution in [0.4, 0.5) is 11.6 Å². The van der Waals surface area contributed by atoms with Crippen molar-refractivity contribution in [3.05, 3.63) is 78.6 Å². The lowest BCUT2D eigenvalue weighted by atomic mass is 10.1. The minimum Gasteiger partial charge on any atom is -0.480 e. The summed E-state index contributed by atoms with van der Waals surface area (Å²) in [5.74, 6) is -1.57. The van der Waals surface area contributed by atoms with E-state index < -0.39 is 33.6 Å². The molecule has 3 N–H and O–H groups in total. The number of hydrogen-bond acceptors (Lipinski definition) is 9. The molecule has 0 bridgehead atoms. The lowest BCUT2D eigenvalue weighted by molar-refractivity contribution is -0.139. The highest BCUT2D eigenvalue weighted by Crippen LogP contribution is 2.19. The number of benzene rings is 2. The first-order valence-corrected chi connectivity index (χ1v) is 13.4. The van der Waals surface area contributed by atoms with Gasteiger partial charge < -0.3 is 20.2 Å². The van der Waals surface area contributed by atoms with Gasteiger partial charge in [-0.3, -0.25) is 14.9 Å². The van der Waals surface area contributed by atoms with Gasteiger partial charge in [-0.25, -0.2) is 18.4 Å². The lowest BCUT2D eigenvalue weighted by Gasteiger charge is -2.36. The van der Waals surface area contributed by atoms with Crippen molar-refractivity contribution in [3.63, 3.8) is 0 Å². The van der Waals surface area contributed by atoms with Gasteiger partial charge in [0.15, 0.2) is 9.84 Å². The third-order valence-electron chi connectivity index (χ3n) is 6.00. The second kappa shape index (κ2) is 11.8. The van der Waals surface area contributed by atoms with Crippen molar-refractivity contribution >= 4 is 33.3 Å². The van der Waals surface area contributed by atoms with Crippen molar-refractivity contribution in [1.29, 1.82) is 0 Å². The summed E-state index contributed by atoms with van der Waals surface area (Å²) in [4.78, 5) is 37.2. The van der Waals surface area contributed by atoms with Gasteiger partial charge in [0.2, 0.25) is 5.95 Å². The number of aliphatic carboxylic acids is 1. The number of nitrogens with one attached hydrogen (secondary N) is 2. The Balaban J connectivity index is 1.28. The first-order chi connectivity index (χ1) is 17.8. The molecule has 0 radical (unpaired) electrons. The van der Waals surface area contributed by atoms with Crippen molar-refractivity contribution in [3.8, 4) is 0 Å². The van der Waals surface area contributed by atoms with Gasteiger partial charge in [-0.2, -0.15) is 0 Å². The quantitative estimate of drug-likeness (QED) is 0.351. The number of nitrogens with zero attached hydrogens (tertiary/aromatic N) is 4. The number of sulfone groups is 1. The minimum absolute atomic E-state index is 0.0885. The summed E-state index contributed by atoms with van der Waals surface area (Å²) in [6.45, 7) is 2.83. The first-order valence-electron chi connectivity index (χ1n) is 11.7. The van der Waals surface area contributed by atoms with E-state index in [0.717, 1.165) is 31.9 Å². The fourth-order valence-electron chi connectivity index (χ4n) is 3.91. The third-order valence-corrected chi connectivity index (χ3v) is 7.53. The van der Waals surface area contributed by atoms with E-state index in [9.17, 15) is 23.1 Å². The second-order valence-electron chi connectivity index (χ2n) is 8.45. The predicted molar refractivity (Wildman–Crippen MR) is 138 cm³/mol. The Kier molecular flexibility index (Phi) is 8.31. The Hall–Kier alpha value is -4.03. The van der Waals surface area contributed by atoms with Crippen LogP contribution in [0.2, 0.25) is 0 Å². The van der Waals surface area contributed by atoms with Gasteiger partial charge in [-0.15, -0.1) is 0 Å². The van der Waals surface area contributed by atoms with Crippen LogP contribution in [0, 0.1) is 0 Å². The molecule has 194 valence electrons. The Bertz CT molecular complexity index is 1300. The van der Waals surface area contributed by atoms with Gasteiger partial charge in [0, 0.05) is 56.4 Å². The molecule has 0 saturated carbocycles. The molecule has 11 nitrogen and oxygen atoms in total. The Morgan fingerprint density at radius 1 is 0.892 bits per heavy atom. The van der Waals surface area contributed by atoms with E-state index in [2.05, 4.69) is 30.4 Å². The zero-order chi connectivity index (χ0) is 26.3. The fourth-order valence-corrected chi connectivity index (χ4v) is 5.07. The molecular formula is C25H28N6O5S. The van der Waals surface area contributed by atoms with Gasteiger partial charge >= 0.3 is 5.97 Å². The molecule has 1 aliphatic heterocycles. The summed E-state index contributed by atoms with van der Waals surface area (Å²) >= 11 is 0. The molecule has 4 rings (SSSR count). The van der Waals surface area contributed by atoms with Crippen molar-refractivity contribution in [2.45, 2.75) is 10.9 Å².